The van der Waals surface area contributed by atoms with Gasteiger partial charge in [-0.1, -0.05) is 24.3 Å². The molecule has 0 saturated carbocycles. The van der Waals surface area contributed by atoms with Crippen LogP contribution in [-0.4, -0.2) is 25.3 Å². The van der Waals surface area contributed by atoms with Crippen molar-refractivity contribution in [1.29, 1.82) is 0 Å². The number of nitrogens with zero attached hydrogens (tertiary/aromatic N) is 1. The molecule has 0 unspecified atom stereocenters. The molecule has 0 aliphatic rings. The minimum Gasteiger partial charge on any atom is -0.495 e. The van der Waals surface area contributed by atoms with Gasteiger partial charge in [0.2, 0.25) is 0 Å². The number of hydrogen-bond donors (Lipinski definition) is 3. The summed E-state index contributed by atoms with van der Waals surface area (Å²) >= 11 is 0. The van der Waals surface area contributed by atoms with E-state index >= 15 is 0 Å². The van der Waals surface area contributed by atoms with Gasteiger partial charge in [-0.3, -0.25) is 4.79 Å². The van der Waals surface area contributed by atoms with Crippen LogP contribution in [0.2, 0.25) is 0 Å². The fourth-order valence-corrected chi connectivity index (χ4v) is 1.94. The minimum absolute atomic E-state index is 0.0961. The quantitative estimate of drug-likeness (QED) is 0.433. The molecule has 6 heteroatoms. The van der Waals surface area contributed by atoms with Gasteiger partial charge in [0.1, 0.15) is 5.75 Å². The Morgan fingerprint density at radius 1 is 1.17 bits per heavy atom. The summed E-state index contributed by atoms with van der Waals surface area (Å²) in [5.41, 5.74) is 11.2. The molecular weight excluding hydrogens is 292 g/mol. The van der Waals surface area contributed by atoms with Crippen molar-refractivity contribution in [2.24, 2.45) is 5.10 Å². The van der Waals surface area contributed by atoms with E-state index in [0.29, 0.717) is 17.1 Å². The zero-order valence-electron chi connectivity index (χ0n) is 13.2. The second-order valence-electron chi connectivity index (χ2n) is 4.91. The molecule has 2 aromatic carbocycles. The molecule has 0 saturated heterocycles. The summed E-state index contributed by atoms with van der Waals surface area (Å²) in [6.07, 6.45) is 0. The monoisotopic (exact) mass is 312 g/mol. The molecule has 2 aromatic rings. The van der Waals surface area contributed by atoms with Crippen molar-refractivity contribution in [3.8, 4) is 5.75 Å². The molecule has 0 aliphatic heterocycles. The highest BCUT2D eigenvalue weighted by Gasteiger charge is 2.04. The number of ether oxygens (including phenoxy) is 1. The maximum Gasteiger partial charge on any atom is 0.259 e. The molecule has 23 heavy (non-hydrogen) atoms. The zero-order chi connectivity index (χ0) is 16.7. The largest absolute Gasteiger partial charge is 0.495 e. The summed E-state index contributed by atoms with van der Waals surface area (Å²) in [5, 5.41) is 7.10. The predicted molar refractivity (Wildman–Crippen MR) is 92.7 cm³/mol. The van der Waals surface area contributed by atoms with E-state index in [0.717, 1.165) is 11.3 Å². The average molecular weight is 312 g/mol. The second-order valence-corrected chi connectivity index (χ2v) is 4.91. The summed E-state index contributed by atoms with van der Waals surface area (Å²) in [5.74, 6) is 0.438. The Morgan fingerprint density at radius 3 is 2.57 bits per heavy atom. The molecule has 6 nitrogen and oxygen atoms in total. The molecule has 120 valence electrons. The van der Waals surface area contributed by atoms with Gasteiger partial charge in [0.15, 0.2) is 0 Å². The Kier molecular flexibility index (Phi) is 5.57. The lowest BCUT2D eigenvalue weighted by atomic mass is 10.1. The summed E-state index contributed by atoms with van der Waals surface area (Å²) < 4.78 is 5.21. The van der Waals surface area contributed by atoms with Crippen molar-refractivity contribution >= 4 is 23.0 Å². The number of methoxy groups -OCH3 is 1. The Morgan fingerprint density at radius 2 is 1.87 bits per heavy atom. The van der Waals surface area contributed by atoms with Gasteiger partial charge in [0.25, 0.3) is 5.91 Å². The first-order valence-electron chi connectivity index (χ1n) is 7.16. The number of nitrogen functional groups attached to an aromatic ring is 1. The minimum atomic E-state index is -0.245. The SMILES string of the molecule is COc1ccccc1NCC(=O)N/N=C(\C)c1ccc(N)cc1. The molecule has 0 atom stereocenters. The Labute approximate surface area is 135 Å². The van der Waals surface area contributed by atoms with E-state index in [9.17, 15) is 4.79 Å². The van der Waals surface area contributed by atoms with Crippen molar-refractivity contribution in [3.05, 3.63) is 54.1 Å². The first-order valence-corrected chi connectivity index (χ1v) is 7.16. The van der Waals surface area contributed by atoms with E-state index in [1.807, 2.05) is 43.3 Å². The molecule has 0 heterocycles. The summed E-state index contributed by atoms with van der Waals surface area (Å²) in [7, 11) is 1.58. The van der Waals surface area contributed by atoms with Crippen LogP contribution in [0.15, 0.2) is 53.6 Å². The fraction of sp³-hybridized carbons (Fsp3) is 0.176. The van der Waals surface area contributed by atoms with Crippen LogP contribution in [0.3, 0.4) is 0 Å². The molecule has 0 spiro atoms. The van der Waals surface area contributed by atoms with Crippen molar-refractivity contribution in [1.82, 2.24) is 5.43 Å². The van der Waals surface area contributed by atoms with E-state index in [1.54, 1.807) is 19.2 Å². The van der Waals surface area contributed by atoms with Gasteiger partial charge >= 0.3 is 0 Å². The molecule has 0 aromatic heterocycles. The lowest BCUT2D eigenvalue weighted by Crippen LogP contribution is -2.26. The number of amides is 1. The average Bonchev–Trinajstić information content (AvgIpc) is 2.58. The third-order valence-corrected chi connectivity index (χ3v) is 3.22. The molecule has 2 rings (SSSR count). The lowest BCUT2D eigenvalue weighted by Gasteiger charge is -2.10. The van der Waals surface area contributed by atoms with Crippen molar-refractivity contribution in [2.75, 3.05) is 24.7 Å². The summed E-state index contributed by atoms with van der Waals surface area (Å²) in [6, 6.07) is 14.7. The topological polar surface area (TPSA) is 88.7 Å². The molecule has 0 bridgehead atoms. The van der Waals surface area contributed by atoms with Gasteiger partial charge in [-0.15, -0.1) is 0 Å². The third kappa shape index (κ3) is 4.74. The van der Waals surface area contributed by atoms with E-state index in [1.165, 1.54) is 0 Å². The number of hydrazone groups is 1. The fourth-order valence-electron chi connectivity index (χ4n) is 1.94. The van der Waals surface area contributed by atoms with Crippen LogP contribution >= 0.6 is 0 Å². The Balaban J connectivity index is 1.89. The third-order valence-electron chi connectivity index (χ3n) is 3.22. The van der Waals surface area contributed by atoms with Crippen LogP contribution in [0.1, 0.15) is 12.5 Å². The van der Waals surface area contributed by atoms with Gasteiger partial charge in [0.05, 0.1) is 25.1 Å². The normalized spacial score (nSPS) is 11.0. The van der Waals surface area contributed by atoms with Crippen LogP contribution < -0.4 is 21.2 Å². The maximum atomic E-state index is 11.9. The lowest BCUT2D eigenvalue weighted by molar-refractivity contribution is -0.119. The van der Waals surface area contributed by atoms with Crippen molar-refractivity contribution < 1.29 is 9.53 Å². The Hall–Kier alpha value is -3.02. The van der Waals surface area contributed by atoms with Gasteiger partial charge in [-0.25, -0.2) is 5.43 Å². The molecule has 4 N–H and O–H groups in total. The van der Waals surface area contributed by atoms with Crippen LogP contribution in [0.5, 0.6) is 5.75 Å². The van der Waals surface area contributed by atoms with Crippen LogP contribution in [0, 0.1) is 0 Å². The van der Waals surface area contributed by atoms with Gasteiger partial charge in [-0.2, -0.15) is 5.10 Å². The van der Waals surface area contributed by atoms with Crippen LogP contribution in [-0.2, 0) is 4.79 Å². The summed E-state index contributed by atoms with van der Waals surface area (Å²) in [6.45, 7) is 1.92. The standard InChI is InChI=1S/C17H20N4O2/c1-12(13-7-9-14(18)10-8-13)20-21-17(22)11-19-15-5-3-4-6-16(15)23-2/h3-10,19H,11,18H2,1-2H3,(H,21,22)/b20-12+. The highest BCUT2D eigenvalue weighted by molar-refractivity contribution is 5.99. The van der Waals surface area contributed by atoms with Crippen LogP contribution in [0.25, 0.3) is 0 Å². The van der Waals surface area contributed by atoms with Crippen LogP contribution in [0.4, 0.5) is 11.4 Å². The number of rotatable bonds is 6. The highest BCUT2D eigenvalue weighted by atomic mass is 16.5. The number of benzene rings is 2. The number of nitrogens with two attached hydrogens (primary N) is 1. The number of anilines is 2. The van der Waals surface area contributed by atoms with E-state index < -0.39 is 0 Å². The Bertz CT molecular complexity index is 696. The zero-order valence-corrected chi connectivity index (χ0v) is 13.2. The van der Waals surface area contributed by atoms with E-state index in [2.05, 4.69) is 15.8 Å². The van der Waals surface area contributed by atoms with Gasteiger partial charge in [0, 0.05) is 5.69 Å². The molecule has 1 amide bonds. The van der Waals surface area contributed by atoms with Crippen molar-refractivity contribution in [2.45, 2.75) is 6.92 Å². The molecule has 0 radical (unpaired) electrons. The molecular formula is C17H20N4O2. The first kappa shape index (κ1) is 16.4. The van der Waals surface area contributed by atoms with E-state index in [-0.39, 0.29) is 12.5 Å². The second kappa shape index (κ2) is 7.84. The van der Waals surface area contributed by atoms with E-state index in [4.69, 9.17) is 10.5 Å². The maximum absolute atomic E-state index is 11.9. The highest BCUT2D eigenvalue weighted by Crippen LogP contribution is 2.22. The number of carbonyl (C=O) groups is 1. The predicted octanol–water partition coefficient (Wildman–Crippen LogP) is 2.23. The van der Waals surface area contributed by atoms with Gasteiger partial charge < -0.3 is 15.8 Å². The first-order chi connectivity index (χ1) is 11.1. The molecule has 0 aliphatic carbocycles. The molecule has 0 fully saturated rings. The smallest absolute Gasteiger partial charge is 0.259 e. The van der Waals surface area contributed by atoms with Gasteiger partial charge in [-0.05, 0) is 36.8 Å². The number of carbonyl (C=O) groups excluding carboxylic acids is 1. The summed E-state index contributed by atoms with van der Waals surface area (Å²) in [4.78, 5) is 11.9. The number of nitrogens with one attached hydrogen (secondary N) is 2. The number of para-hydroxylation sites is 2. The number of hydrogen-bond acceptors (Lipinski definition) is 5. The van der Waals surface area contributed by atoms with Crippen molar-refractivity contribution in [3.63, 3.8) is 0 Å².